The minimum atomic E-state index is -3.68. The summed E-state index contributed by atoms with van der Waals surface area (Å²) >= 11 is 1.77. The van der Waals surface area contributed by atoms with Crippen LogP contribution in [0.5, 0.6) is 5.75 Å². The Balaban J connectivity index is 1.49. The molecule has 2 aliphatic heterocycles. The van der Waals surface area contributed by atoms with Crippen molar-refractivity contribution in [2.45, 2.75) is 43.5 Å². The number of carbonyl (C=O) groups is 1. The molecule has 0 aliphatic carbocycles. The van der Waals surface area contributed by atoms with Gasteiger partial charge in [0.15, 0.2) is 0 Å². The number of nitrogens with one attached hydrogen (secondary N) is 1. The molecule has 3 heterocycles. The first-order valence-corrected chi connectivity index (χ1v) is 13.0. The topological polar surface area (TPSA) is 79.0 Å². The first kappa shape index (κ1) is 22.3. The number of ether oxygens (including phenoxy) is 1. The highest BCUT2D eigenvalue weighted by Gasteiger charge is 2.30. The number of fused-ring (bicyclic) bond motifs is 1. The monoisotopic (exact) mass is 463 g/mol. The molecule has 1 fully saturated rings. The van der Waals surface area contributed by atoms with Gasteiger partial charge in [-0.3, -0.25) is 9.69 Å². The van der Waals surface area contributed by atoms with Crippen molar-refractivity contribution in [2.24, 2.45) is 0 Å². The van der Waals surface area contributed by atoms with Crippen molar-refractivity contribution >= 4 is 33.0 Å². The van der Waals surface area contributed by atoms with E-state index in [1.54, 1.807) is 23.5 Å². The van der Waals surface area contributed by atoms with Gasteiger partial charge in [0.05, 0.1) is 13.7 Å². The van der Waals surface area contributed by atoms with Crippen LogP contribution in [-0.4, -0.2) is 56.8 Å². The van der Waals surface area contributed by atoms with Gasteiger partial charge in [-0.25, -0.2) is 8.42 Å². The third kappa shape index (κ3) is 4.64. The number of amides is 1. The number of hydrogen-bond acceptors (Lipinski definition) is 6. The zero-order valence-electron chi connectivity index (χ0n) is 18.0. The third-order valence-electron chi connectivity index (χ3n) is 6.13. The average Bonchev–Trinajstić information content (AvgIpc) is 3.26. The molecule has 0 radical (unpaired) electrons. The number of nitrogens with zero attached hydrogens (tertiary/aromatic N) is 2. The molecule has 9 heteroatoms. The molecule has 0 bridgehead atoms. The molecular weight excluding hydrogens is 434 g/mol. The molecule has 1 saturated heterocycles. The predicted octanol–water partition coefficient (Wildman–Crippen LogP) is 3.49. The van der Waals surface area contributed by atoms with E-state index in [0.717, 1.165) is 32.2 Å². The predicted molar refractivity (Wildman–Crippen MR) is 122 cm³/mol. The minimum absolute atomic E-state index is 0.101. The zero-order chi connectivity index (χ0) is 22.0. The maximum absolute atomic E-state index is 13.2. The van der Waals surface area contributed by atoms with Gasteiger partial charge < -0.3 is 10.1 Å². The van der Waals surface area contributed by atoms with Crippen molar-refractivity contribution < 1.29 is 17.9 Å². The molecule has 0 saturated carbocycles. The van der Waals surface area contributed by atoms with E-state index in [2.05, 4.69) is 28.6 Å². The number of methoxy groups -OCH3 is 1. The van der Waals surface area contributed by atoms with E-state index < -0.39 is 10.0 Å². The van der Waals surface area contributed by atoms with Crippen LogP contribution in [0.25, 0.3) is 0 Å². The molecule has 4 rings (SSSR count). The lowest BCUT2D eigenvalue weighted by molar-refractivity contribution is -0.117. The highest BCUT2D eigenvalue weighted by molar-refractivity contribution is 7.89. The summed E-state index contributed by atoms with van der Waals surface area (Å²) < 4.78 is 33.2. The molecular formula is C22H29N3O4S2. The van der Waals surface area contributed by atoms with E-state index in [1.807, 2.05) is 0 Å². The summed E-state index contributed by atoms with van der Waals surface area (Å²) in [6, 6.07) is 7.12. The first-order valence-electron chi connectivity index (χ1n) is 10.7. The van der Waals surface area contributed by atoms with E-state index in [4.69, 9.17) is 4.74 Å². The van der Waals surface area contributed by atoms with Crippen LogP contribution in [0.15, 0.2) is 34.5 Å². The van der Waals surface area contributed by atoms with Gasteiger partial charge in [0.25, 0.3) is 0 Å². The van der Waals surface area contributed by atoms with Gasteiger partial charge in [0.2, 0.25) is 15.9 Å². The number of rotatable bonds is 6. The molecule has 2 aliphatic rings. The Morgan fingerprint density at radius 3 is 2.71 bits per heavy atom. The van der Waals surface area contributed by atoms with Crippen molar-refractivity contribution in [1.82, 2.24) is 9.21 Å². The number of thiophene rings is 1. The number of piperidine rings is 1. The molecule has 7 nitrogen and oxygen atoms in total. The van der Waals surface area contributed by atoms with E-state index in [-0.39, 0.29) is 23.4 Å². The van der Waals surface area contributed by atoms with Gasteiger partial charge in [-0.1, -0.05) is 6.42 Å². The fraction of sp³-hybridized carbons (Fsp3) is 0.500. The van der Waals surface area contributed by atoms with Gasteiger partial charge in [0, 0.05) is 36.2 Å². The largest absolute Gasteiger partial charge is 0.495 e. The Kier molecular flexibility index (Phi) is 6.66. The Hall–Kier alpha value is -1.94. The normalized spacial score (nSPS) is 20.3. The summed E-state index contributed by atoms with van der Waals surface area (Å²) in [6.07, 6.45) is 3.71. The maximum Gasteiger partial charge on any atom is 0.246 e. The molecule has 1 unspecified atom stereocenters. The second-order valence-corrected chi connectivity index (χ2v) is 11.0. The van der Waals surface area contributed by atoms with Crippen LogP contribution in [0.1, 0.15) is 42.7 Å². The highest BCUT2D eigenvalue weighted by Crippen LogP contribution is 2.33. The number of sulfonamides is 1. The summed E-state index contributed by atoms with van der Waals surface area (Å²) in [4.78, 5) is 16.4. The summed E-state index contributed by atoms with van der Waals surface area (Å²) in [6.45, 7) is 4.24. The highest BCUT2D eigenvalue weighted by atomic mass is 32.2. The van der Waals surface area contributed by atoms with Crippen LogP contribution in [0.2, 0.25) is 0 Å². The second-order valence-electron chi connectivity index (χ2n) is 8.07. The lowest BCUT2D eigenvalue weighted by Gasteiger charge is -2.32. The second kappa shape index (κ2) is 9.28. The molecule has 1 amide bonds. The molecule has 1 aromatic heterocycles. The van der Waals surface area contributed by atoms with E-state index in [1.165, 1.54) is 27.9 Å². The molecule has 1 aromatic carbocycles. The summed E-state index contributed by atoms with van der Waals surface area (Å²) in [5, 5.41) is 4.98. The van der Waals surface area contributed by atoms with Crippen LogP contribution in [0.3, 0.4) is 0 Å². The standard InChI is InChI=1S/C22H29N3O4S2/c1-16-18-9-13-30-20(18)8-12-24(16)15-22(26)23-17-6-7-19(29-2)21(14-17)31(27,28)25-10-4-3-5-11-25/h6-7,9,13-14,16H,3-5,8,10-12,15H2,1-2H3,(H,23,26). The molecule has 1 atom stereocenters. The average molecular weight is 464 g/mol. The first-order chi connectivity index (χ1) is 14.9. The van der Waals surface area contributed by atoms with Crippen molar-refractivity contribution in [3.63, 3.8) is 0 Å². The minimum Gasteiger partial charge on any atom is -0.495 e. The number of anilines is 1. The molecule has 0 spiro atoms. The quantitative estimate of drug-likeness (QED) is 0.710. The summed E-state index contributed by atoms with van der Waals surface area (Å²) in [5.41, 5.74) is 1.76. The SMILES string of the molecule is COc1ccc(NC(=O)CN2CCc3sccc3C2C)cc1S(=O)(=O)N1CCCCC1. The van der Waals surface area contributed by atoms with Gasteiger partial charge >= 0.3 is 0 Å². The fourth-order valence-electron chi connectivity index (χ4n) is 4.36. The third-order valence-corrected chi connectivity index (χ3v) is 9.05. The maximum atomic E-state index is 13.2. The van der Waals surface area contributed by atoms with Crippen LogP contribution in [0.4, 0.5) is 5.69 Å². The molecule has 168 valence electrons. The van der Waals surface area contributed by atoms with Crippen LogP contribution >= 0.6 is 11.3 Å². The van der Waals surface area contributed by atoms with E-state index in [0.29, 0.717) is 24.5 Å². The Bertz CT molecular complexity index is 1040. The van der Waals surface area contributed by atoms with Crippen LogP contribution in [-0.2, 0) is 21.2 Å². The lowest BCUT2D eigenvalue weighted by Crippen LogP contribution is -2.39. The van der Waals surface area contributed by atoms with Crippen molar-refractivity contribution in [3.8, 4) is 5.75 Å². The number of hydrogen-bond donors (Lipinski definition) is 1. The van der Waals surface area contributed by atoms with Crippen molar-refractivity contribution in [3.05, 3.63) is 40.1 Å². The van der Waals surface area contributed by atoms with Crippen molar-refractivity contribution in [2.75, 3.05) is 38.6 Å². The van der Waals surface area contributed by atoms with Crippen LogP contribution in [0, 0.1) is 0 Å². The van der Waals surface area contributed by atoms with Gasteiger partial charge in [0.1, 0.15) is 10.6 Å². The summed E-state index contributed by atoms with van der Waals surface area (Å²) in [7, 11) is -2.22. The lowest BCUT2D eigenvalue weighted by atomic mass is 10.0. The Morgan fingerprint density at radius 1 is 1.19 bits per heavy atom. The van der Waals surface area contributed by atoms with Crippen LogP contribution < -0.4 is 10.1 Å². The van der Waals surface area contributed by atoms with E-state index in [9.17, 15) is 13.2 Å². The smallest absolute Gasteiger partial charge is 0.246 e. The van der Waals surface area contributed by atoms with Gasteiger partial charge in [-0.05, 0) is 61.4 Å². The molecule has 1 N–H and O–H groups in total. The molecule has 31 heavy (non-hydrogen) atoms. The number of carbonyl (C=O) groups excluding carboxylic acids is 1. The van der Waals surface area contributed by atoms with E-state index >= 15 is 0 Å². The Labute approximate surface area is 188 Å². The fourth-order valence-corrected chi connectivity index (χ4v) is 7.02. The van der Waals surface area contributed by atoms with Gasteiger partial charge in [-0.2, -0.15) is 4.31 Å². The van der Waals surface area contributed by atoms with Gasteiger partial charge in [-0.15, -0.1) is 11.3 Å². The summed E-state index contributed by atoms with van der Waals surface area (Å²) in [5.74, 6) is 0.134. The molecule has 2 aromatic rings. The number of benzene rings is 1. The van der Waals surface area contributed by atoms with Crippen molar-refractivity contribution in [1.29, 1.82) is 0 Å². The zero-order valence-corrected chi connectivity index (χ0v) is 19.6. The Morgan fingerprint density at radius 2 is 1.97 bits per heavy atom.